The molecule has 0 fully saturated rings. The number of hydrogen-bond donors (Lipinski definition) is 2. The molecule has 1 aromatic heterocycles. The van der Waals surface area contributed by atoms with Crippen molar-refractivity contribution in [1.29, 1.82) is 0 Å². The van der Waals surface area contributed by atoms with Gasteiger partial charge >= 0.3 is 6.03 Å². The Morgan fingerprint density at radius 2 is 1.88 bits per heavy atom. The number of hydrogen-bond acceptors (Lipinski definition) is 5. The van der Waals surface area contributed by atoms with E-state index in [-0.39, 0.29) is 12.3 Å². The Morgan fingerprint density at radius 3 is 2.50 bits per heavy atom. The Labute approximate surface area is 185 Å². The van der Waals surface area contributed by atoms with Crippen molar-refractivity contribution in [2.75, 3.05) is 18.5 Å². The summed E-state index contributed by atoms with van der Waals surface area (Å²) >= 11 is 0. The molecule has 0 unspecified atom stereocenters. The fourth-order valence-electron chi connectivity index (χ4n) is 3.28. The Kier molecular flexibility index (Phi) is 6.99. The lowest BCUT2D eigenvalue weighted by Gasteiger charge is -2.13. The number of urea groups is 1. The average molecular weight is 437 g/mol. The molecule has 1 heterocycles. The van der Waals surface area contributed by atoms with Crippen LogP contribution in [0, 0.1) is 13.8 Å². The van der Waals surface area contributed by atoms with Crippen LogP contribution in [0.15, 0.2) is 47.3 Å². The van der Waals surface area contributed by atoms with Gasteiger partial charge in [-0.1, -0.05) is 17.7 Å². The van der Waals surface area contributed by atoms with E-state index >= 15 is 0 Å². The van der Waals surface area contributed by atoms with E-state index in [2.05, 4.69) is 16.7 Å². The first kappa shape index (κ1) is 22.7. The molecule has 0 atom stereocenters. The minimum Gasteiger partial charge on any atom is -0.858 e. The highest BCUT2D eigenvalue weighted by Gasteiger charge is 2.12. The maximum absolute atomic E-state index is 12.2. The fraction of sp³-hybridized carbons (Fsp3) is 0.261. The van der Waals surface area contributed by atoms with Gasteiger partial charge in [0.25, 0.3) is 5.56 Å². The van der Waals surface area contributed by atoms with Gasteiger partial charge in [-0.2, -0.15) is 0 Å². The van der Waals surface area contributed by atoms with Gasteiger partial charge in [0.15, 0.2) is 6.29 Å². The highest BCUT2D eigenvalue weighted by atomic mass is 16.5. The molecular formula is C23H25N4O5-. The van der Waals surface area contributed by atoms with E-state index in [0.29, 0.717) is 30.9 Å². The normalized spacial score (nSPS) is 10.6. The highest BCUT2D eigenvalue weighted by Crippen LogP contribution is 2.19. The van der Waals surface area contributed by atoms with Crippen LogP contribution in [0.3, 0.4) is 0 Å². The van der Waals surface area contributed by atoms with Crippen LogP contribution in [-0.2, 0) is 7.05 Å². The molecule has 2 aromatic carbocycles. The van der Waals surface area contributed by atoms with E-state index in [1.165, 1.54) is 12.6 Å². The molecule has 0 aliphatic heterocycles. The topological polar surface area (TPSA) is 117 Å². The first-order valence-electron chi connectivity index (χ1n) is 10.1. The van der Waals surface area contributed by atoms with E-state index in [1.54, 1.807) is 24.3 Å². The number of carbonyl (C=O) groups is 2. The number of nitrogens with zero attached hydrogens (tertiary/aromatic N) is 2. The molecule has 2 N–H and O–H groups in total. The smallest absolute Gasteiger partial charge is 0.319 e. The number of amides is 2. The summed E-state index contributed by atoms with van der Waals surface area (Å²) in [7, 11) is 1.40. The van der Waals surface area contributed by atoms with Crippen molar-refractivity contribution < 1.29 is 19.4 Å². The minimum atomic E-state index is -0.686. The molecule has 0 radical (unpaired) electrons. The Hall–Kier alpha value is -4.01. The second-order valence-corrected chi connectivity index (χ2v) is 7.38. The third-order valence-corrected chi connectivity index (χ3v) is 4.93. The lowest BCUT2D eigenvalue weighted by molar-refractivity contribution is -0.279. The van der Waals surface area contributed by atoms with Gasteiger partial charge in [-0.25, -0.2) is 9.48 Å². The molecular weight excluding hydrogens is 412 g/mol. The summed E-state index contributed by atoms with van der Waals surface area (Å²) in [6.45, 7) is 4.94. The molecule has 168 valence electrons. The van der Waals surface area contributed by atoms with E-state index in [0.717, 1.165) is 20.7 Å². The van der Waals surface area contributed by atoms with Crippen LogP contribution < -0.4 is 26.0 Å². The molecule has 9 nitrogen and oxygen atoms in total. The first-order valence-corrected chi connectivity index (χ1v) is 10.1. The Morgan fingerprint density at radius 1 is 1.16 bits per heavy atom. The van der Waals surface area contributed by atoms with Crippen molar-refractivity contribution >= 4 is 18.0 Å². The standard InChI is InChI=1S/C23H26N4O5/c1-15-5-10-20(16(2)13-15)32-12-4-11-24-23(31)25-17-6-8-18(9-7-17)27-22(30)19(14-28)21(29)26(27)3/h5-10,13-14,29H,4,11-12H2,1-3H3,(H2,24,25,31)/p-1. The molecule has 0 saturated heterocycles. The van der Waals surface area contributed by atoms with Crippen LogP contribution >= 0.6 is 0 Å². The molecule has 0 saturated carbocycles. The zero-order chi connectivity index (χ0) is 23.3. The van der Waals surface area contributed by atoms with Gasteiger partial charge in [0.1, 0.15) is 5.75 Å². The van der Waals surface area contributed by atoms with E-state index in [1.807, 2.05) is 26.0 Å². The fourth-order valence-corrected chi connectivity index (χ4v) is 3.28. The van der Waals surface area contributed by atoms with Crippen LogP contribution in [0.25, 0.3) is 5.69 Å². The van der Waals surface area contributed by atoms with E-state index in [4.69, 9.17) is 4.74 Å². The second kappa shape index (κ2) is 9.86. The molecule has 9 heteroatoms. The van der Waals surface area contributed by atoms with E-state index in [9.17, 15) is 19.5 Å². The third-order valence-electron chi connectivity index (χ3n) is 4.93. The molecule has 0 bridgehead atoms. The van der Waals surface area contributed by atoms with Gasteiger partial charge in [-0.3, -0.25) is 14.3 Å². The summed E-state index contributed by atoms with van der Waals surface area (Å²) < 4.78 is 7.91. The van der Waals surface area contributed by atoms with Gasteiger partial charge in [0.2, 0.25) is 0 Å². The number of aromatic nitrogens is 2. The third kappa shape index (κ3) is 5.00. The van der Waals surface area contributed by atoms with Gasteiger partial charge in [-0.05, 0) is 62.0 Å². The predicted molar refractivity (Wildman–Crippen MR) is 119 cm³/mol. The van der Waals surface area contributed by atoms with Crippen molar-refractivity contribution in [3.63, 3.8) is 0 Å². The molecule has 3 rings (SSSR count). The Bertz CT molecular complexity index is 1180. The number of benzene rings is 2. The van der Waals surface area contributed by atoms with Crippen molar-refractivity contribution in [1.82, 2.24) is 14.7 Å². The van der Waals surface area contributed by atoms with Gasteiger partial charge in [-0.15, -0.1) is 0 Å². The first-order chi connectivity index (χ1) is 15.3. The van der Waals surface area contributed by atoms with Crippen molar-refractivity contribution in [2.45, 2.75) is 20.3 Å². The molecule has 32 heavy (non-hydrogen) atoms. The van der Waals surface area contributed by atoms with Crippen molar-refractivity contribution in [3.05, 3.63) is 69.5 Å². The zero-order valence-corrected chi connectivity index (χ0v) is 18.2. The summed E-state index contributed by atoms with van der Waals surface area (Å²) in [6, 6.07) is 12.0. The highest BCUT2D eigenvalue weighted by molar-refractivity contribution is 5.89. The lowest BCUT2D eigenvalue weighted by atomic mass is 10.1. The predicted octanol–water partition coefficient (Wildman–Crippen LogP) is 2.27. The lowest BCUT2D eigenvalue weighted by Crippen LogP contribution is -2.30. The Balaban J connectivity index is 1.49. The molecule has 3 aromatic rings. The SMILES string of the molecule is Cc1ccc(OCCCNC(=O)Nc2ccc(-n3c(=O)c(C=O)c([O-])n3C)cc2)c(C)c1. The second-order valence-electron chi connectivity index (χ2n) is 7.38. The van der Waals surface area contributed by atoms with Crippen molar-refractivity contribution in [3.8, 4) is 17.3 Å². The van der Waals surface area contributed by atoms with Gasteiger partial charge in [0, 0.05) is 19.3 Å². The minimum absolute atomic E-state index is 0.258. The van der Waals surface area contributed by atoms with Gasteiger partial charge in [0.05, 0.1) is 17.9 Å². The average Bonchev–Trinajstić information content (AvgIpc) is 2.97. The number of anilines is 1. The van der Waals surface area contributed by atoms with Crippen LogP contribution in [0.2, 0.25) is 0 Å². The van der Waals surface area contributed by atoms with Crippen LogP contribution in [0.4, 0.5) is 10.5 Å². The summed E-state index contributed by atoms with van der Waals surface area (Å²) in [6.07, 6.45) is 0.904. The molecule has 0 aliphatic carbocycles. The quantitative estimate of drug-likeness (QED) is 0.414. The molecule has 0 spiro atoms. The zero-order valence-electron chi connectivity index (χ0n) is 18.2. The summed E-state index contributed by atoms with van der Waals surface area (Å²) in [5.41, 5.74) is 2.06. The number of rotatable bonds is 8. The molecule has 2 amide bonds. The maximum Gasteiger partial charge on any atom is 0.319 e. The number of aldehydes is 1. The van der Waals surface area contributed by atoms with E-state index < -0.39 is 17.0 Å². The number of carbonyl (C=O) groups excluding carboxylic acids is 2. The largest absolute Gasteiger partial charge is 0.858 e. The number of nitrogens with one attached hydrogen (secondary N) is 2. The monoisotopic (exact) mass is 437 g/mol. The molecule has 0 aliphatic rings. The van der Waals surface area contributed by atoms with Crippen LogP contribution in [0.5, 0.6) is 11.6 Å². The van der Waals surface area contributed by atoms with Gasteiger partial charge < -0.3 is 20.5 Å². The maximum atomic E-state index is 12.2. The number of ether oxygens (including phenoxy) is 1. The van der Waals surface area contributed by atoms with Crippen LogP contribution in [-0.4, -0.2) is 34.8 Å². The summed E-state index contributed by atoms with van der Waals surface area (Å²) in [4.78, 5) is 35.3. The van der Waals surface area contributed by atoms with Crippen molar-refractivity contribution in [2.24, 2.45) is 7.05 Å². The summed E-state index contributed by atoms with van der Waals surface area (Å²) in [5.74, 6) is 0.176. The summed E-state index contributed by atoms with van der Waals surface area (Å²) in [5, 5.41) is 17.4. The van der Waals surface area contributed by atoms with Crippen LogP contribution in [0.1, 0.15) is 27.9 Å². The number of aryl methyl sites for hydroxylation is 2.